The molecule has 2 heterocycles. The van der Waals surface area contributed by atoms with Gasteiger partial charge in [-0.2, -0.15) is 0 Å². The Hall–Kier alpha value is -1.84. The molecule has 2 rings (SSSR count). The molecular weight excluding hydrogens is 216 g/mol. The van der Waals surface area contributed by atoms with Crippen molar-refractivity contribution in [1.29, 1.82) is 0 Å². The fourth-order valence-corrected chi connectivity index (χ4v) is 1.92. The van der Waals surface area contributed by atoms with E-state index < -0.39 is 0 Å². The van der Waals surface area contributed by atoms with Crippen LogP contribution in [0.5, 0.6) is 0 Å². The van der Waals surface area contributed by atoms with Crippen LogP contribution in [-0.4, -0.2) is 22.0 Å². The third-order valence-corrected chi connectivity index (χ3v) is 2.59. The molecule has 0 N–H and O–H groups in total. The maximum Gasteiger partial charge on any atom is 0.311 e. The van der Waals surface area contributed by atoms with E-state index in [-0.39, 0.29) is 12.4 Å². The predicted octanol–water partition coefficient (Wildman–Crippen LogP) is 2.06. The summed E-state index contributed by atoms with van der Waals surface area (Å²) < 4.78 is 6.90. The third kappa shape index (κ3) is 2.46. The smallest absolute Gasteiger partial charge is 0.311 e. The van der Waals surface area contributed by atoms with Crippen LogP contribution in [0.25, 0.3) is 5.65 Å². The van der Waals surface area contributed by atoms with Gasteiger partial charge < -0.3 is 9.14 Å². The molecule has 2 aromatic heterocycles. The summed E-state index contributed by atoms with van der Waals surface area (Å²) in [6, 6.07) is 4.09. The van der Waals surface area contributed by atoms with Crippen LogP contribution in [0.1, 0.15) is 23.9 Å². The van der Waals surface area contributed by atoms with Crippen molar-refractivity contribution in [3.8, 4) is 0 Å². The van der Waals surface area contributed by atoms with Gasteiger partial charge in [0.05, 0.1) is 18.7 Å². The van der Waals surface area contributed by atoms with Crippen molar-refractivity contribution in [1.82, 2.24) is 9.38 Å². The van der Waals surface area contributed by atoms with E-state index in [1.165, 1.54) is 5.56 Å². The summed E-state index contributed by atoms with van der Waals surface area (Å²) in [4.78, 5) is 15.8. The van der Waals surface area contributed by atoms with E-state index in [0.29, 0.717) is 6.61 Å². The zero-order valence-corrected chi connectivity index (χ0v) is 10.4. The molecule has 0 aliphatic heterocycles. The van der Waals surface area contributed by atoms with E-state index in [0.717, 1.165) is 17.0 Å². The Morgan fingerprint density at radius 2 is 2.18 bits per heavy atom. The summed E-state index contributed by atoms with van der Waals surface area (Å²) in [5.74, 6) is -0.231. The summed E-state index contributed by atoms with van der Waals surface area (Å²) in [7, 11) is 0. The molecule has 0 spiro atoms. The number of hydrogen-bond acceptors (Lipinski definition) is 3. The minimum atomic E-state index is -0.231. The molecule has 0 saturated heterocycles. The number of esters is 1. The van der Waals surface area contributed by atoms with Crippen LogP contribution in [0.3, 0.4) is 0 Å². The molecule has 0 amide bonds. The monoisotopic (exact) mass is 232 g/mol. The predicted molar refractivity (Wildman–Crippen MR) is 65.0 cm³/mol. The van der Waals surface area contributed by atoms with Gasteiger partial charge >= 0.3 is 5.97 Å². The minimum absolute atomic E-state index is 0.230. The first kappa shape index (κ1) is 11.6. The van der Waals surface area contributed by atoms with Gasteiger partial charge in [0.1, 0.15) is 5.65 Å². The molecule has 4 nitrogen and oxygen atoms in total. The summed E-state index contributed by atoms with van der Waals surface area (Å²) in [5.41, 5.74) is 3.91. The zero-order valence-electron chi connectivity index (χ0n) is 10.4. The average Bonchev–Trinajstić information content (AvgIpc) is 2.60. The number of nitrogens with zero attached hydrogens (tertiary/aromatic N) is 2. The fraction of sp³-hybridized carbons (Fsp3) is 0.385. The van der Waals surface area contributed by atoms with Gasteiger partial charge in [-0.3, -0.25) is 4.79 Å². The number of pyridine rings is 1. The second kappa shape index (κ2) is 4.57. The first-order valence-corrected chi connectivity index (χ1v) is 5.71. The first-order chi connectivity index (χ1) is 8.10. The van der Waals surface area contributed by atoms with Gasteiger partial charge in [-0.25, -0.2) is 4.98 Å². The van der Waals surface area contributed by atoms with Crippen molar-refractivity contribution in [3.05, 3.63) is 35.3 Å². The minimum Gasteiger partial charge on any atom is -0.466 e. The van der Waals surface area contributed by atoms with Crippen molar-refractivity contribution in [2.75, 3.05) is 6.61 Å². The molecule has 0 unspecified atom stereocenters. The van der Waals surface area contributed by atoms with Gasteiger partial charge in [-0.1, -0.05) is 0 Å². The van der Waals surface area contributed by atoms with Crippen LogP contribution in [0.4, 0.5) is 0 Å². The fourth-order valence-electron chi connectivity index (χ4n) is 1.92. The number of aryl methyl sites for hydroxylation is 2. The van der Waals surface area contributed by atoms with Crippen LogP contribution < -0.4 is 0 Å². The molecule has 0 radical (unpaired) electrons. The normalized spacial score (nSPS) is 10.8. The molecule has 0 aliphatic rings. The molecule has 0 aliphatic carbocycles. The molecule has 90 valence electrons. The van der Waals surface area contributed by atoms with E-state index in [2.05, 4.69) is 11.1 Å². The Labute approximate surface area is 100 Å². The van der Waals surface area contributed by atoms with Gasteiger partial charge in [-0.05, 0) is 38.5 Å². The highest BCUT2D eigenvalue weighted by Crippen LogP contribution is 2.12. The topological polar surface area (TPSA) is 43.6 Å². The van der Waals surface area contributed by atoms with Crippen molar-refractivity contribution in [3.63, 3.8) is 0 Å². The number of carbonyl (C=O) groups is 1. The van der Waals surface area contributed by atoms with Crippen molar-refractivity contribution in [2.24, 2.45) is 0 Å². The van der Waals surface area contributed by atoms with Crippen molar-refractivity contribution >= 4 is 11.6 Å². The summed E-state index contributed by atoms with van der Waals surface area (Å²) >= 11 is 0. The van der Waals surface area contributed by atoms with Gasteiger partial charge in [0.15, 0.2) is 0 Å². The van der Waals surface area contributed by atoms with Crippen molar-refractivity contribution in [2.45, 2.75) is 27.2 Å². The molecular formula is C13H16N2O2. The third-order valence-electron chi connectivity index (χ3n) is 2.59. The van der Waals surface area contributed by atoms with E-state index in [1.54, 1.807) is 6.92 Å². The zero-order chi connectivity index (χ0) is 12.4. The van der Waals surface area contributed by atoms with Crippen LogP contribution in [0.2, 0.25) is 0 Å². The van der Waals surface area contributed by atoms with Crippen LogP contribution >= 0.6 is 0 Å². The molecule has 17 heavy (non-hydrogen) atoms. The standard InChI is InChI=1S/C13H16N2O2/c1-4-17-13(16)7-11-8-15-10(3)5-9(2)6-12(15)14-11/h5-6,8H,4,7H2,1-3H3. The Kier molecular flexibility index (Phi) is 3.13. The van der Waals surface area contributed by atoms with Crippen LogP contribution in [0, 0.1) is 13.8 Å². The van der Waals surface area contributed by atoms with E-state index >= 15 is 0 Å². The number of hydrogen-bond donors (Lipinski definition) is 0. The highest BCUT2D eigenvalue weighted by atomic mass is 16.5. The number of carbonyl (C=O) groups excluding carboxylic acids is 1. The van der Waals surface area contributed by atoms with Gasteiger partial charge in [-0.15, -0.1) is 0 Å². The van der Waals surface area contributed by atoms with E-state index in [1.807, 2.05) is 30.5 Å². The number of fused-ring (bicyclic) bond motifs is 1. The molecule has 4 heteroatoms. The summed E-state index contributed by atoms with van der Waals surface area (Å²) in [6.07, 6.45) is 2.12. The van der Waals surface area contributed by atoms with E-state index in [9.17, 15) is 4.79 Å². The van der Waals surface area contributed by atoms with E-state index in [4.69, 9.17) is 4.74 Å². The average molecular weight is 232 g/mol. The van der Waals surface area contributed by atoms with Crippen LogP contribution in [-0.2, 0) is 16.0 Å². The molecule has 0 saturated carbocycles. The largest absolute Gasteiger partial charge is 0.466 e. The second-order valence-corrected chi connectivity index (χ2v) is 4.12. The molecule has 0 atom stereocenters. The highest BCUT2D eigenvalue weighted by molar-refractivity contribution is 5.72. The molecule has 2 aromatic rings. The van der Waals surface area contributed by atoms with Crippen LogP contribution in [0.15, 0.2) is 18.3 Å². The molecule has 0 fully saturated rings. The number of aromatic nitrogens is 2. The lowest BCUT2D eigenvalue weighted by atomic mass is 10.2. The molecule has 0 aromatic carbocycles. The van der Waals surface area contributed by atoms with Gasteiger partial charge in [0.25, 0.3) is 0 Å². The Morgan fingerprint density at radius 1 is 1.41 bits per heavy atom. The summed E-state index contributed by atoms with van der Waals surface area (Å²) in [6.45, 7) is 6.27. The lowest BCUT2D eigenvalue weighted by Crippen LogP contribution is -2.07. The highest BCUT2D eigenvalue weighted by Gasteiger charge is 2.09. The quantitative estimate of drug-likeness (QED) is 0.761. The number of ether oxygens (including phenoxy) is 1. The maximum absolute atomic E-state index is 11.4. The Bertz CT molecular complexity index is 558. The first-order valence-electron chi connectivity index (χ1n) is 5.71. The van der Waals surface area contributed by atoms with Gasteiger partial charge in [0.2, 0.25) is 0 Å². The number of rotatable bonds is 3. The Balaban J connectivity index is 2.32. The maximum atomic E-state index is 11.4. The van der Waals surface area contributed by atoms with Crippen molar-refractivity contribution < 1.29 is 9.53 Å². The number of imidazole rings is 1. The lowest BCUT2D eigenvalue weighted by molar-refractivity contribution is -0.142. The second-order valence-electron chi connectivity index (χ2n) is 4.12. The lowest BCUT2D eigenvalue weighted by Gasteiger charge is -2.00. The summed E-state index contributed by atoms with van der Waals surface area (Å²) in [5, 5.41) is 0. The van der Waals surface area contributed by atoms with Gasteiger partial charge in [0, 0.05) is 11.9 Å². The molecule has 0 bridgehead atoms. The SMILES string of the molecule is CCOC(=O)Cc1cn2c(C)cc(C)cc2n1. The Morgan fingerprint density at radius 3 is 2.88 bits per heavy atom.